The van der Waals surface area contributed by atoms with Crippen molar-refractivity contribution in [2.45, 2.75) is 24.7 Å². The van der Waals surface area contributed by atoms with Crippen LogP contribution in [0.1, 0.15) is 40.7 Å². The Kier molecular flexibility index (Phi) is 5.32. The predicted octanol–water partition coefficient (Wildman–Crippen LogP) is 6.11. The molecule has 4 aliphatic rings. The van der Waals surface area contributed by atoms with Crippen LogP contribution in [0.5, 0.6) is 0 Å². The largest absolute Gasteiger partial charge is 0.293 e. The third-order valence-corrected chi connectivity index (χ3v) is 8.78. The average Bonchev–Trinajstić information content (AvgIpc) is 3.26. The summed E-state index contributed by atoms with van der Waals surface area (Å²) in [5.74, 6) is -2.71. The Hall–Kier alpha value is -4.91. The maximum Gasteiger partial charge on any atom is 0.293 e. The molecule has 0 radical (unpaired) electrons. The van der Waals surface area contributed by atoms with Gasteiger partial charge in [0.2, 0.25) is 11.8 Å². The van der Waals surface area contributed by atoms with Crippen molar-refractivity contribution in [1.29, 1.82) is 0 Å². The maximum absolute atomic E-state index is 14.5. The molecule has 1 fully saturated rings. The number of hydrogen-bond acceptors (Lipinski definition) is 5. The van der Waals surface area contributed by atoms with E-state index in [1.165, 1.54) is 18.2 Å². The second kappa shape index (κ2) is 8.81. The lowest BCUT2D eigenvalue weighted by atomic mass is 9.47. The van der Waals surface area contributed by atoms with E-state index < -0.39 is 34.0 Å². The van der Waals surface area contributed by atoms with Crippen LogP contribution in [-0.2, 0) is 21.4 Å². The number of aliphatic imine (C=N–C) groups is 1. The third-order valence-electron chi connectivity index (χ3n) is 8.78. The lowest BCUT2D eigenvalue weighted by Crippen LogP contribution is -2.54. The van der Waals surface area contributed by atoms with Crippen LogP contribution in [0.3, 0.4) is 0 Å². The first-order chi connectivity index (χ1) is 19.5. The molecule has 1 saturated heterocycles. The summed E-state index contributed by atoms with van der Waals surface area (Å²) in [6.45, 7) is 2.07. The molecule has 0 aromatic heterocycles. The second-order valence-corrected chi connectivity index (χ2v) is 10.5. The fourth-order valence-electron chi connectivity index (χ4n) is 7.20. The van der Waals surface area contributed by atoms with Gasteiger partial charge in [-0.2, -0.15) is 0 Å². The van der Waals surface area contributed by atoms with E-state index in [-0.39, 0.29) is 17.3 Å². The quantitative estimate of drug-likeness (QED) is 0.135. The Morgan fingerprint density at radius 1 is 0.850 bits per heavy atom. The average molecular weight is 528 g/mol. The second-order valence-electron chi connectivity index (χ2n) is 10.5. The first-order valence-corrected chi connectivity index (χ1v) is 13.4. The lowest BCUT2D eigenvalue weighted by Gasteiger charge is -2.52. The van der Waals surface area contributed by atoms with Crippen LogP contribution in [0, 0.1) is 22.0 Å². The Labute approximate surface area is 231 Å². The molecule has 0 saturated carbocycles. The summed E-state index contributed by atoms with van der Waals surface area (Å²) in [6, 6.07) is 29.8. The minimum atomic E-state index is -1.03. The van der Waals surface area contributed by atoms with Crippen LogP contribution in [0.2, 0.25) is 0 Å². The Bertz CT molecular complexity index is 1710. The molecule has 196 valence electrons. The number of anilines is 1. The van der Waals surface area contributed by atoms with Gasteiger partial charge in [0, 0.05) is 18.2 Å². The third kappa shape index (κ3) is 3.09. The molecule has 0 spiro atoms. The van der Waals surface area contributed by atoms with Gasteiger partial charge in [0.15, 0.2) is 0 Å². The molecule has 2 amide bonds. The number of nitro groups is 1. The van der Waals surface area contributed by atoms with Crippen molar-refractivity contribution < 1.29 is 14.5 Å². The highest BCUT2D eigenvalue weighted by atomic mass is 16.6. The number of amides is 2. The van der Waals surface area contributed by atoms with Gasteiger partial charge in [-0.25, -0.2) is 4.90 Å². The van der Waals surface area contributed by atoms with Crippen LogP contribution in [0.25, 0.3) is 0 Å². The molecule has 2 atom stereocenters. The Morgan fingerprint density at radius 3 is 2.12 bits per heavy atom. The van der Waals surface area contributed by atoms with E-state index in [0.717, 1.165) is 44.8 Å². The number of nitro benzene ring substituents is 1. The number of imide groups is 1. The molecule has 40 heavy (non-hydrogen) atoms. The molecular formula is C33H25N3O4. The van der Waals surface area contributed by atoms with E-state index in [2.05, 4.69) is 6.92 Å². The molecule has 1 heterocycles. The van der Waals surface area contributed by atoms with Crippen molar-refractivity contribution in [1.82, 2.24) is 0 Å². The number of carbonyl (C=O) groups is 2. The molecule has 0 N–H and O–H groups in total. The van der Waals surface area contributed by atoms with Crippen molar-refractivity contribution >= 4 is 35.1 Å². The smallest absolute Gasteiger partial charge is 0.274 e. The van der Waals surface area contributed by atoms with E-state index >= 15 is 0 Å². The summed E-state index contributed by atoms with van der Waals surface area (Å²) in [7, 11) is 0. The molecule has 4 aromatic rings. The van der Waals surface area contributed by atoms with Gasteiger partial charge in [-0.3, -0.25) is 24.7 Å². The van der Waals surface area contributed by atoms with Gasteiger partial charge in [-0.1, -0.05) is 85.8 Å². The van der Waals surface area contributed by atoms with Crippen molar-refractivity contribution in [2.24, 2.45) is 16.8 Å². The molecule has 8 rings (SSSR count). The summed E-state index contributed by atoms with van der Waals surface area (Å²) in [4.78, 5) is 46.2. The summed E-state index contributed by atoms with van der Waals surface area (Å²) < 4.78 is 0. The molecule has 1 aliphatic heterocycles. The van der Waals surface area contributed by atoms with E-state index in [4.69, 9.17) is 4.99 Å². The van der Waals surface area contributed by atoms with E-state index in [1.807, 2.05) is 79.0 Å². The number of aryl methyl sites for hydroxylation is 1. The molecule has 7 heteroatoms. The lowest BCUT2D eigenvalue weighted by molar-refractivity contribution is -0.384. The van der Waals surface area contributed by atoms with Gasteiger partial charge in [0.25, 0.3) is 5.69 Å². The zero-order valence-corrected chi connectivity index (χ0v) is 21.7. The Balaban J connectivity index is 1.51. The number of carbonyl (C=O) groups excluding carboxylic acids is 2. The monoisotopic (exact) mass is 527 g/mol. The fraction of sp³-hybridized carbons (Fsp3) is 0.182. The number of para-hydroxylation sites is 3. The zero-order chi connectivity index (χ0) is 27.6. The van der Waals surface area contributed by atoms with Gasteiger partial charge in [0.1, 0.15) is 5.69 Å². The summed E-state index contributed by atoms with van der Waals surface area (Å²) in [5.41, 5.74) is 4.47. The number of benzene rings is 4. The first-order valence-electron chi connectivity index (χ1n) is 13.4. The van der Waals surface area contributed by atoms with Crippen molar-refractivity contribution in [2.75, 3.05) is 4.90 Å². The highest BCUT2D eigenvalue weighted by molar-refractivity contribution is 6.25. The molecular weight excluding hydrogens is 502 g/mol. The predicted molar refractivity (Wildman–Crippen MR) is 152 cm³/mol. The fourth-order valence-corrected chi connectivity index (χ4v) is 7.20. The van der Waals surface area contributed by atoms with Crippen molar-refractivity contribution in [3.05, 3.63) is 135 Å². The Morgan fingerprint density at radius 2 is 1.45 bits per heavy atom. The molecule has 2 bridgehead atoms. The molecule has 3 aliphatic carbocycles. The van der Waals surface area contributed by atoms with Gasteiger partial charge in [-0.15, -0.1) is 0 Å². The number of hydrogen-bond donors (Lipinski definition) is 0. The highest BCUT2D eigenvalue weighted by Crippen LogP contribution is 2.64. The first kappa shape index (κ1) is 24.2. The molecule has 0 unspecified atom stereocenters. The number of nitrogens with zero attached hydrogens (tertiary/aromatic N) is 3. The van der Waals surface area contributed by atoms with Crippen molar-refractivity contribution in [3.63, 3.8) is 0 Å². The summed E-state index contributed by atoms with van der Waals surface area (Å²) in [6.07, 6.45) is 2.66. The van der Waals surface area contributed by atoms with E-state index in [9.17, 15) is 19.7 Å². The minimum absolute atomic E-state index is 0.00725. The van der Waals surface area contributed by atoms with Crippen LogP contribution < -0.4 is 4.90 Å². The van der Waals surface area contributed by atoms with Crippen LogP contribution in [0.4, 0.5) is 17.1 Å². The van der Waals surface area contributed by atoms with Crippen LogP contribution >= 0.6 is 0 Å². The summed E-state index contributed by atoms with van der Waals surface area (Å²) in [5, 5.41) is 11.9. The van der Waals surface area contributed by atoms with Gasteiger partial charge < -0.3 is 0 Å². The zero-order valence-electron chi connectivity index (χ0n) is 21.7. The van der Waals surface area contributed by atoms with Gasteiger partial charge >= 0.3 is 0 Å². The molecule has 7 nitrogen and oxygen atoms in total. The normalized spacial score (nSPS) is 24.2. The van der Waals surface area contributed by atoms with E-state index in [0.29, 0.717) is 0 Å². The topological polar surface area (TPSA) is 92.9 Å². The van der Waals surface area contributed by atoms with Crippen LogP contribution in [0.15, 0.2) is 102 Å². The highest BCUT2D eigenvalue weighted by Gasteiger charge is 2.68. The van der Waals surface area contributed by atoms with Crippen LogP contribution in [-0.4, -0.2) is 23.0 Å². The number of rotatable bonds is 5. The summed E-state index contributed by atoms with van der Waals surface area (Å²) >= 11 is 0. The minimum Gasteiger partial charge on any atom is -0.274 e. The SMILES string of the molecule is CCc1ccccc1N=CC12c3ccccc3C(c3ccccc31)[C@@H]1C(=O)N(c3ccccc3[N+](=O)[O-])C(=O)[C@H]12. The van der Waals surface area contributed by atoms with Gasteiger partial charge in [0.05, 0.1) is 27.9 Å². The van der Waals surface area contributed by atoms with Crippen molar-refractivity contribution in [3.8, 4) is 0 Å². The van der Waals surface area contributed by atoms with E-state index in [1.54, 1.807) is 6.07 Å². The standard InChI is InChI=1S/C33H25N3O4/c1-2-20-11-3-8-16-25(20)34-19-33-23-14-6-4-12-21(23)28(22-13-5-7-15-24(22)33)29-30(33)32(38)35(31(29)37)26-17-9-10-18-27(26)36(39)40/h3-19,28-30H,2H2,1H3/t28?,29-,30-,33?/m0/s1. The molecule has 4 aromatic carbocycles. The maximum atomic E-state index is 14.5. The van der Waals surface area contributed by atoms with Gasteiger partial charge in [-0.05, 0) is 46.4 Å².